The number of carboxylic acids is 1. The van der Waals surface area contributed by atoms with Gasteiger partial charge in [-0.3, -0.25) is 0 Å². The third-order valence-corrected chi connectivity index (χ3v) is 2.90. The highest BCUT2D eigenvalue weighted by Crippen LogP contribution is 2.18. The summed E-state index contributed by atoms with van der Waals surface area (Å²) in [5.41, 5.74) is 1.67. The highest BCUT2D eigenvalue weighted by atomic mass is 19.1. The number of hydrogen-bond donors (Lipinski definition) is 1. The fourth-order valence-electron chi connectivity index (χ4n) is 1.93. The summed E-state index contributed by atoms with van der Waals surface area (Å²) in [6.07, 6.45) is 0. The average Bonchev–Trinajstić information content (AvgIpc) is 2.39. The van der Waals surface area contributed by atoms with Gasteiger partial charge in [0.05, 0.1) is 5.56 Å². The fraction of sp³-hybridized carbons (Fsp3) is 0.133. The van der Waals surface area contributed by atoms with Crippen LogP contribution < -0.4 is 4.90 Å². The van der Waals surface area contributed by atoms with Gasteiger partial charge in [0, 0.05) is 19.3 Å². The molecule has 4 heteroatoms. The molecule has 0 fully saturated rings. The predicted molar refractivity (Wildman–Crippen MR) is 71.9 cm³/mol. The van der Waals surface area contributed by atoms with Crippen molar-refractivity contribution in [1.29, 1.82) is 0 Å². The molecule has 0 spiro atoms. The number of hydrogen-bond acceptors (Lipinski definition) is 2. The van der Waals surface area contributed by atoms with Gasteiger partial charge in [-0.25, -0.2) is 9.18 Å². The molecule has 2 aromatic carbocycles. The zero-order valence-electron chi connectivity index (χ0n) is 10.5. The molecule has 0 aromatic heterocycles. The lowest BCUT2D eigenvalue weighted by molar-refractivity contribution is 0.0695. The van der Waals surface area contributed by atoms with Gasteiger partial charge >= 0.3 is 5.97 Å². The minimum absolute atomic E-state index is 0.269. The summed E-state index contributed by atoms with van der Waals surface area (Å²) in [5.74, 6) is -1.26. The van der Waals surface area contributed by atoms with Crippen molar-refractivity contribution >= 4 is 11.7 Å². The number of carbonyl (C=O) groups is 1. The minimum Gasteiger partial charge on any atom is -0.478 e. The maximum absolute atomic E-state index is 13.2. The Hall–Kier alpha value is -2.36. The van der Waals surface area contributed by atoms with Crippen LogP contribution in [-0.2, 0) is 6.54 Å². The van der Waals surface area contributed by atoms with Gasteiger partial charge in [-0.1, -0.05) is 24.3 Å². The van der Waals surface area contributed by atoms with E-state index in [1.54, 1.807) is 43.4 Å². The van der Waals surface area contributed by atoms with E-state index in [0.29, 0.717) is 17.8 Å². The molecule has 0 heterocycles. The van der Waals surface area contributed by atoms with Crippen LogP contribution in [0, 0.1) is 5.82 Å². The largest absolute Gasteiger partial charge is 0.478 e. The van der Waals surface area contributed by atoms with E-state index in [-0.39, 0.29) is 11.4 Å². The molecule has 0 unspecified atom stereocenters. The molecule has 2 aromatic rings. The van der Waals surface area contributed by atoms with Gasteiger partial charge in [-0.2, -0.15) is 0 Å². The quantitative estimate of drug-likeness (QED) is 0.916. The second-order valence-corrected chi connectivity index (χ2v) is 4.30. The third-order valence-electron chi connectivity index (χ3n) is 2.90. The maximum atomic E-state index is 13.2. The highest BCUT2D eigenvalue weighted by molar-refractivity contribution is 5.89. The summed E-state index contributed by atoms with van der Waals surface area (Å²) in [6, 6.07) is 13.0. The lowest BCUT2D eigenvalue weighted by Crippen LogP contribution is -2.18. The first-order valence-electron chi connectivity index (χ1n) is 5.86. The maximum Gasteiger partial charge on any atom is 0.336 e. The summed E-state index contributed by atoms with van der Waals surface area (Å²) in [4.78, 5) is 12.9. The zero-order valence-corrected chi connectivity index (χ0v) is 10.5. The van der Waals surface area contributed by atoms with Crippen LogP contribution >= 0.6 is 0 Å². The van der Waals surface area contributed by atoms with E-state index in [1.165, 1.54) is 12.1 Å². The Morgan fingerprint density at radius 2 is 1.95 bits per heavy atom. The molecule has 0 bridgehead atoms. The molecule has 0 aliphatic carbocycles. The number of nitrogens with zero attached hydrogens (tertiary/aromatic N) is 1. The Labute approximate surface area is 110 Å². The Kier molecular flexibility index (Phi) is 3.80. The zero-order chi connectivity index (χ0) is 13.8. The molecule has 0 aliphatic heterocycles. The van der Waals surface area contributed by atoms with Gasteiger partial charge < -0.3 is 10.0 Å². The predicted octanol–water partition coefficient (Wildman–Crippen LogP) is 3.16. The second kappa shape index (κ2) is 5.52. The Bertz CT molecular complexity index is 598. The number of carboxylic acid groups (broad SMARTS) is 1. The van der Waals surface area contributed by atoms with E-state index >= 15 is 0 Å². The van der Waals surface area contributed by atoms with Crippen LogP contribution in [0.15, 0.2) is 48.5 Å². The number of benzene rings is 2. The molecule has 0 saturated carbocycles. The summed E-state index contributed by atoms with van der Waals surface area (Å²) in [7, 11) is 1.80. The Balaban J connectivity index is 2.24. The number of anilines is 1. The van der Waals surface area contributed by atoms with Crippen LogP contribution in [0.2, 0.25) is 0 Å². The molecule has 3 nitrogen and oxygen atoms in total. The Morgan fingerprint density at radius 3 is 2.63 bits per heavy atom. The van der Waals surface area contributed by atoms with Gasteiger partial charge in [0.1, 0.15) is 5.82 Å². The molecule has 0 radical (unpaired) electrons. The van der Waals surface area contributed by atoms with Crippen LogP contribution in [0.3, 0.4) is 0 Å². The monoisotopic (exact) mass is 259 g/mol. The fourth-order valence-corrected chi connectivity index (χ4v) is 1.93. The van der Waals surface area contributed by atoms with Gasteiger partial charge in [0.2, 0.25) is 0 Å². The number of aromatic carboxylic acids is 1. The Morgan fingerprint density at radius 1 is 1.21 bits per heavy atom. The van der Waals surface area contributed by atoms with Crippen molar-refractivity contribution in [3.63, 3.8) is 0 Å². The molecule has 0 amide bonds. The first-order valence-corrected chi connectivity index (χ1v) is 5.86. The van der Waals surface area contributed by atoms with Crippen molar-refractivity contribution in [2.45, 2.75) is 6.54 Å². The smallest absolute Gasteiger partial charge is 0.336 e. The molecule has 0 atom stereocenters. The SMILES string of the molecule is CN(Cc1ccccc1C(=O)O)c1cccc(F)c1. The van der Waals surface area contributed by atoms with E-state index in [9.17, 15) is 9.18 Å². The topological polar surface area (TPSA) is 40.5 Å². The molecular weight excluding hydrogens is 245 g/mol. The first kappa shape index (κ1) is 13.1. The van der Waals surface area contributed by atoms with E-state index in [2.05, 4.69) is 0 Å². The summed E-state index contributed by atoms with van der Waals surface area (Å²) in [6.45, 7) is 0.409. The van der Waals surface area contributed by atoms with Gasteiger partial charge in [0.15, 0.2) is 0 Å². The van der Waals surface area contributed by atoms with Crippen molar-refractivity contribution in [2.75, 3.05) is 11.9 Å². The molecule has 0 saturated heterocycles. The minimum atomic E-state index is -0.955. The second-order valence-electron chi connectivity index (χ2n) is 4.30. The van der Waals surface area contributed by atoms with Crippen LogP contribution in [0.4, 0.5) is 10.1 Å². The first-order chi connectivity index (χ1) is 9.08. The highest BCUT2D eigenvalue weighted by Gasteiger charge is 2.11. The van der Waals surface area contributed by atoms with Crippen LogP contribution in [0.5, 0.6) is 0 Å². The van der Waals surface area contributed by atoms with Crippen molar-refractivity contribution < 1.29 is 14.3 Å². The van der Waals surface area contributed by atoms with Crippen molar-refractivity contribution in [3.05, 3.63) is 65.5 Å². The van der Waals surface area contributed by atoms with E-state index in [4.69, 9.17) is 5.11 Å². The summed E-state index contributed by atoms with van der Waals surface area (Å²) in [5, 5.41) is 9.11. The number of halogens is 1. The summed E-state index contributed by atoms with van der Waals surface area (Å²) >= 11 is 0. The average molecular weight is 259 g/mol. The van der Waals surface area contributed by atoms with Crippen molar-refractivity contribution in [3.8, 4) is 0 Å². The molecule has 19 heavy (non-hydrogen) atoms. The lowest BCUT2D eigenvalue weighted by Gasteiger charge is -2.20. The van der Waals surface area contributed by atoms with Gasteiger partial charge in [-0.05, 0) is 29.8 Å². The van der Waals surface area contributed by atoms with Gasteiger partial charge in [0.25, 0.3) is 0 Å². The normalized spacial score (nSPS) is 10.2. The summed E-state index contributed by atoms with van der Waals surface area (Å²) < 4.78 is 13.2. The van der Waals surface area contributed by atoms with Crippen molar-refractivity contribution in [2.24, 2.45) is 0 Å². The van der Waals surface area contributed by atoms with Crippen molar-refractivity contribution in [1.82, 2.24) is 0 Å². The molecule has 98 valence electrons. The van der Waals surface area contributed by atoms with Crippen LogP contribution in [0.1, 0.15) is 15.9 Å². The van der Waals surface area contributed by atoms with E-state index in [0.717, 1.165) is 0 Å². The standard InChI is InChI=1S/C15H14FNO2/c1-17(13-7-4-6-12(16)9-13)10-11-5-2-3-8-14(11)15(18)19/h2-9H,10H2,1H3,(H,18,19). The lowest BCUT2D eigenvalue weighted by atomic mass is 10.1. The van der Waals surface area contributed by atoms with Gasteiger partial charge in [-0.15, -0.1) is 0 Å². The molecular formula is C15H14FNO2. The van der Waals surface area contributed by atoms with Crippen LogP contribution in [0.25, 0.3) is 0 Å². The van der Waals surface area contributed by atoms with E-state index in [1.807, 2.05) is 4.90 Å². The van der Waals surface area contributed by atoms with Crippen LogP contribution in [-0.4, -0.2) is 18.1 Å². The molecule has 2 rings (SSSR count). The molecule has 1 N–H and O–H groups in total. The number of rotatable bonds is 4. The van der Waals surface area contributed by atoms with E-state index < -0.39 is 5.97 Å². The third kappa shape index (κ3) is 3.10. The molecule has 0 aliphatic rings.